The Labute approximate surface area is 164 Å². The first-order chi connectivity index (χ1) is 13.7. The highest BCUT2D eigenvalue weighted by Crippen LogP contribution is 2.19. The zero-order valence-corrected chi connectivity index (χ0v) is 16.0. The maximum absolute atomic E-state index is 12.5. The molecule has 0 unspecified atom stereocenters. The molecule has 0 bridgehead atoms. The lowest BCUT2D eigenvalue weighted by molar-refractivity contribution is 0.111. The van der Waals surface area contributed by atoms with Gasteiger partial charge in [-0.15, -0.1) is 0 Å². The Hall–Kier alpha value is -2.99. The summed E-state index contributed by atoms with van der Waals surface area (Å²) in [6.45, 7) is 6.01. The molecule has 6 nitrogen and oxygen atoms in total. The van der Waals surface area contributed by atoms with Crippen LogP contribution in [-0.4, -0.2) is 58.6 Å². The van der Waals surface area contributed by atoms with Gasteiger partial charge in [-0.25, -0.2) is 4.79 Å². The topological polar surface area (TPSA) is 58.6 Å². The third kappa shape index (κ3) is 4.46. The van der Waals surface area contributed by atoms with Crippen molar-refractivity contribution >= 4 is 17.0 Å². The molecule has 1 amide bonds. The number of hydrogen-bond acceptors (Lipinski definition) is 5. The molecular weight excluding hydrogens is 352 g/mol. The number of amides is 1. The molecule has 1 aliphatic rings. The third-order valence-electron chi connectivity index (χ3n) is 5.04. The molecule has 0 aliphatic carbocycles. The molecule has 1 aromatic carbocycles. The van der Waals surface area contributed by atoms with Crippen LogP contribution in [0, 0.1) is 6.92 Å². The summed E-state index contributed by atoms with van der Waals surface area (Å²) in [5.74, 6) is 0.532. The minimum atomic E-state index is -0.296. The second-order valence-corrected chi connectivity index (χ2v) is 7.07. The molecule has 0 N–H and O–H groups in total. The van der Waals surface area contributed by atoms with Gasteiger partial charge < -0.3 is 9.64 Å². The average molecular weight is 376 g/mol. The first-order valence-electron chi connectivity index (χ1n) is 9.64. The Balaban J connectivity index is 1.27. The molecule has 2 aromatic heterocycles. The summed E-state index contributed by atoms with van der Waals surface area (Å²) in [6, 6.07) is 15.5. The van der Waals surface area contributed by atoms with E-state index in [9.17, 15) is 4.79 Å². The fourth-order valence-corrected chi connectivity index (χ4v) is 3.44. The summed E-state index contributed by atoms with van der Waals surface area (Å²) in [4.78, 5) is 25.5. The zero-order valence-electron chi connectivity index (χ0n) is 16.0. The number of rotatable bonds is 4. The summed E-state index contributed by atoms with van der Waals surface area (Å²) in [5, 5.41) is 1.03. The summed E-state index contributed by atoms with van der Waals surface area (Å²) in [7, 11) is 0. The zero-order chi connectivity index (χ0) is 19.3. The Morgan fingerprint density at radius 3 is 2.75 bits per heavy atom. The number of aromatic nitrogens is 2. The number of fused-ring (bicyclic) bond motifs is 1. The molecule has 4 rings (SSSR count). The van der Waals surface area contributed by atoms with E-state index in [-0.39, 0.29) is 6.09 Å². The third-order valence-corrected chi connectivity index (χ3v) is 5.04. The van der Waals surface area contributed by atoms with Crippen LogP contribution in [-0.2, 0) is 6.42 Å². The first-order valence-corrected chi connectivity index (χ1v) is 9.64. The van der Waals surface area contributed by atoms with Gasteiger partial charge in [0.05, 0.1) is 5.52 Å². The number of benzene rings is 1. The van der Waals surface area contributed by atoms with Crippen molar-refractivity contribution in [3.8, 4) is 5.75 Å². The molecular formula is C22H24N4O2. The van der Waals surface area contributed by atoms with Crippen LogP contribution in [0.1, 0.15) is 11.4 Å². The lowest BCUT2D eigenvalue weighted by atomic mass is 10.2. The number of nitrogens with zero attached hydrogens (tertiary/aromatic N) is 4. The van der Waals surface area contributed by atoms with E-state index in [0.717, 1.165) is 48.3 Å². The number of pyridine rings is 2. The van der Waals surface area contributed by atoms with Crippen molar-refractivity contribution in [2.24, 2.45) is 0 Å². The number of carbonyl (C=O) groups is 1. The van der Waals surface area contributed by atoms with Gasteiger partial charge in [-0.3, -0.25) is 14.9 Å². The molecule has 1 aliphatic heterocycles. The maximum Gasteiger partial charge on any atom is 0.415 e. The summed E-state index contributed by atoms with van der Waals surface area (Å²) >= 11 is 0. The van der Waals surface area contributed by atoms with E-state index >= 15 is 0 Å². The quantitative estimate of drug-likeness (QED) is 0.699. The molecule has 0 radical (unpaired) electrons. The average Bonchev–Trinajstić information content (AvgIpc) is 2.72. The summed E-state index contributed by atoms with van der Waals surface area (Å²) < 4.78 is 5.56. The molecule has 6 heteroatoms. The number of ether oxygens (including phenoxy) is 1. The van der Waals surface area contributed by atoms with Crippen LogP contribution in [0.3, 0.4) is 0 Å². The van der Waals surface area contributed by atoms with Gasteiger partial charge in [-0.05, 0) is 37.3 Å². The van der Waals surface area contributed by atoms with Crippen molar-refractivity contribution in [1.82, 2.24) is 19.8 Å². The first kappa shape index (κ1) is 18.4. The fraction of sp³-hybridized carbons (Fsp3) is 0.318. The van der Waals surface area contributed by atoms with Crippen LogP contribution >= 0.6 is 0 Å². The van der Waals surface area contributed by atoms with Gasteiger partial charge in [0.2, 0.25) is 0 Å². The van der Waals surface area contributed by atoms with E-state index in [1.807, 2.05) is 43.3 Å². The number of hydrogen-bond donors (Lipinski definition) is 0. The molecule has 1 fully saturated rings. The van der Waals surface area contributed by atoms with Crippen LogP contribution in [0.2, 0.25) is 0 Å². The predicted molar refractivity (Wildman–Crippen MR) is 108 cm³/mol. The van der Waals surface area contributed by atoms with Crippen molar-refractivity contribution in [3.63, 3.8) is 0 Å². The SMILES string of the molecule is Cc1cccc(CCN2CCN(C(=O)Oc3ccc4cccnc4c3)CC2)n1. The molecule has 0 spiro atoms. The maximum atomic E-state index is 12.5. The Bertz CT molecular complexity index is 967. The minimum Gasteiger partial charge on any atom is -0.410 e. The second-order valence-electron chi connectivity index (χ2n) is 7.07. The van der Waals surface area contributed by atoms with Crippen LogP contribution in [0.25, 0.3) is 10.9 Å². The van der Waals surface area contributed by atoms with Crippen LogP contribution in [0.5, 0.6) is 5.75 Å². The minimum absolute atomic E-state index is 0.296. The van der Waals surface area contributed by atoms with Gasteiger partial charge in [0.1, 0.15) is 5.75 Å². The van der Waals surface area contributed by atoms with E-state index < -0.39 is 0 Å². The van der Waals surface area contributed by atoms with E-state index in [2.05, 4.69) is 20.9 Å². The Morgan fingerprint density at radius 2 is 1.93 bits per heavy atom. The molecule has 0 atom stereocenters. The van der Waals surface area contributed by atoms with Gasteiger partial charge >= 0.3 is 6.09 Å². The van der Waals surface area contributed by atoms with Crippen LogP contribution < -0.4 is 4.74 Å². The van der Waals surface area contributed by atoms with E-state index in [1.54, 1.807) is 17.2 Å². The number of carbonyl (C=O) groups excluding carboxylic acids is 1. The largest absolute Gasteiger partial charge is 0.415 e. The highest BCUT2D eigenvalue weighted by Gasteiger charge is 2.22. The monoisotopic (exact) mass is 376 g/mol. The van der Waals surface area contributed by atoms with Gasteiger partial charge in [0, 0.05) is 68.2 Å². The van der Waals surface area contributed by atoms with Gasteiger partial charge in [-0.2, -0.15) is 0 Å². The van der Waals surface area contributed by atoms with Crippen molar-refractivity contribution in [2.75, 3.05) is 32.7 Å². The second kappa shape index (κ2) is 8.35. The Kier molecular flexibility index (Phi) is 5.48. The van der Waals surface area contributed by atoms with Gasteiger partial charge in [-0.1, -0.05) is 12.1 Å². The lowest BCUT2D eigenvalue weighted by Gasteiger charge is -2.33. The molecule has 3 heterocycles. The van der Waals surface area contributed by atoms with Crippen molar-refractivity contribution in [2.45, 2.75) is 13.3 Å². The molecule has 0 saturated carbocycles. The summed E-state index contributed by atoms with van der Waals surface area (Å²) in [5.41, 5.74) is 2.99. The van der Waals surface area contributed by atoms with Gasteiger partial charge in [0.15, 0.2) is 0 Å². The normalized spacial score (nSPS) is 15.0. The molecule has 144 valence electrons. The van der Waals surface area contributed by atoms with E-state index in [0.29, 0.717) is 18.8 Å². The lowest BCUT2D eigenvalue weighted by Crippen LogP contribution is -2.49. The van der Waals surface area contributed by atoms with Crippen molar-refractivity contribution < 1.29 is 9.53 Å². The standard InChI is InChI=1S/C22H24N4O2/c1-17-4-2-6-19(24-17)9-11-25-12-14-26(15-13-25)22(27)28-20-8-7-18-5-3-10-23-21(18)16-20/h2-8,10,16H,9,11-15H2,1H3. The van der Waals surface area contributed by atoms with Gasteiger partial charge in [0.25, 0.3) is 0 Å². The number of aryl methyl sites for hydroxylation is 1. The van der Waals surface area contributed by atoms with E-state index in [4.69, 9.17) is 4.74 Å². The molecule has 3 aromatic rings. The van der Waals surface area contributed by atoms with E-state index in [1.165, 1.54) is 0 Å². The number of piperazine rings is 1. The summed E-state index contributed by atoms with van der Waals surface area (Å²) in [6.07, 6.45) is 2.37. The molecule has 1 saturated heterocycles. The fourth-order valence-electron chi connectivity index (χ4n) is 3.44. The van der Waals surface area contributed by atoms with Crippen molar-refractivity contribution in [3.05, 3.63) is 66.1 Å². The van der Waals surface area contributed by atoms with Crippen LogP contribution in [0.4, 0.5) is 4.79 Å². The Morgan fingerprint density at radius 1 is 1.07 bits per heavy atom. The highest BCUT2D eigenvalue weighted by molar-refractivity contribution is 5.81. The van der Waals surface area contributed by atoms with Crippen molar-refractivity contribution in [1.29, 1.82) is 0 Å². The van der Waals surface area contributed by atoms with Crippen LogP contribution in [0.15, 0.2) is 54.7 Å². The molecule has 28 heavy (non-hydrogen) atoms. The highest BCUT2D eigenvalue weighted by atomic mass is 16.6. The smallest absolute Gasteiger partial charge is 0.410 e. The predicted octanol–water partition coefficient (Wildman–Crippen LogP) is 3.30.